The van der Waals surface area contributed by atoms with Gasteiger partial charge in [-0.05, 0) is 36.2 Å². The van der Waals surface area contributed by atoms with Gasteiger partial charge in [0.1, 0.15) is 11.6 Å². The van der Waals surface area contributed by atoms with Crippen molar-refractivity contribution in [1.29, 1.82) is 0 Å². The van der Waals surface area contributed by atoms with Crippen LogP contribution in [0.3, 0.4) is 0 Å². The Labute approximate surface area is 126 Å². The minimum atomic E-state index is -0.265. The predicted octanol–water partition coefficient (Wildman–Crippen LogP) is 3.34. The number of hydrogen-bond donors (Lipinski definition) is 2. The van der Waals surface area contributed by atoms with Crippen molar-refractivity contribution in [3.63, 3.8) is 0 Å². The van der Waals surface area contributed by atoms with Crippen LogP contribution in [0.25, 0.3) is 0 Å². The molecule has 106 valence electrons. The summed E-state index contributed by atoms with van der Waals surface area (Å²) in [6.45, 7) is 0. The quantitative estimate of drug-likeness (QED) is 0.649. The van der Waals surface area contributed by atoms with Crippen molar-refractivity contribution in [2.75, 3.05) is 7.11 Å². The summed E-state index contributed by atoms with van der Waals surface area (Å²) >= 11 is 3.43. The number of methoxy groups -OCH3 is 1. The highest BCUT2D eigenvalue weighted by Crippen LogP contribution is 2.29. The number of hydrogen-bond acceptors (Lipinski definition) is 3. The smallest absolute Gasteiger partial charge is 0.123 e. The Bertz CT molecular complexity index is 592. The maximum atomic E-state index is 13.4. The largest absolute Gasteiger partial charge is 0.496 e. The summed E-state index contributed by atoms with van der Waals surface area (Å²) in [7, 11) is 1.62. The summed E-state index contributed by atoms with van der Waals surface area (Å²) in [4.78, 5) is 0. The van der Waals surface area contributed by atoms with Crippen LogP contribution in [0.5, 0.6) is 5.75 Å². The topological polar surface area (TPSA) is 47.3 Å². The molecule has 0 spiro atoms. The van der Waals surface area contributed by atoms with E-state index in [-0.39, 0.29) is 11.9 Å². The molecule has 0 aliphatic carbocycles. The van der Waals surface area contributed by atoms with Crippen LogP contribution in [0.2, 0.25) is 0 Å². The normalized spacial score (nSPS) is 12.2. The number of hydrazine groups is 1. The van der Waals surface area contributed by atoms with Crippen LogP contribution in [0.4, 0.5) is 4.39 Å². The average molecular weight is 339 g/mol. The highest BCUT2D eigenvalue weighted by atomic mass is 79.9. The lowest BCUT2D eigenvalue weighted by molar-refractivity contribution is 0.399. The van der Waals surface area contributed by atoms with Gasteiger partial charge in [-0.25, -0.2) is 4.39 Å². The molecule has 0 fully saturated rings. The van der Waals surface area contributed by atoms with Crippen LogP contribution < -0.4 is 16.0 Å². The molecular formula is C15H16BrFN2O. The molecule has 3 nitrogen and oxygen atoms in total. The van der Waals surface area contributed by atoms with Crippen LogP contribution in [-0.2, 0) is 6.42 Å². The summed E-state index contributed by atoms with van der Waals surface area (Å²) in [6.07, 6.45) is 0.551. The number of rotatable bonds is 5. The van der Waals surface area contributed by atoms with Crippen LogP contribution in [0, 0.1) is 5.82 Å². The molecule has 0 saturated carbocycles. The van der Waals surface area contributed by atoms with Crippen LogP contribution in [-0.4, -0.2) is 7.11 Å². The number of halogens is 2. The zero-order valence-electron chi connectivity index (χ0n) is 11.1. The summed E-state index contributed by atoms with van der Waals surface area (Å²) in [5.41, 5.74) is 4.55. The molecule has 2 aromatic rings. The lowest BCUT2D eigenvalue weighted by Crippen LogP contribution is -2.30. The third-order valence-electron chi connectivity index (χ3n) is 3.15. The molecule has 0 heterocycles. The monoisotopic (exact) mass is 338 g/mol. The van der Waals surface area contributed by atoms with Gasteiger partial charge in [0.05, 0.1) is 13.2 Å². The lowest BCUT2D eigenvalue weighted by Gasteiger charge is -2.19. The Morgan fingerprint density at radius 3 is 2.75 bits per heavy atom. The van der Waals surface area contributed by atoms with Gasteiger partial charge in [0.15, 0.2) is 0 Å². The molecule has 2 rings (SSSR count). The fourth-order valence-electron chi connectivity index (χ4n) is 2.13. The van der Waals surface area contributed by atoms with Crippen molar-refractivity contribution in [3.05, 3.63) is 63.9 Å². The van der Waals surface area contributed by atoms with E-state index in [0.29, 0.717) is 6.42 Å². The third-order valence-corrected chi connectivity index (χ3v) is 3.92. The fourth-order valence-corrected chi connectivity index (χ4v) is 2.54. The molecule has 0 radical (unpaired) electrons. The Kier molecular flexibility index (Phi) is 5.11. The van der Waals surface area contributed by atoms with Crippen molar-refractivity contribution in [2.45, 2.75) is 12.5 Å². The molecule has 0 aliphatic heterocycles. The Morgan fingerprint density at radius 2 is 2.05 bits per heavy atom. The van der Waals surface area contributed by atoms with Gasteiger partial charge in [0, 0.05) is 10.0 Å². The fraction of sp³-hybridized carbons (Fsp3) is 0.200. The van der Waals surface area contributed by atoms with Crippen molar-refractivity contribution in [1.82, 2.24) is 5.43 Å². The maximum Gasteiger partial charge on any atom is 0.123 e. The molecule has 0 aromatic heterocycles. The van der Waals surface area contributed by atoms with Crippen LogP contribution >= 0.6 is 15.9 Å². The average Bonchev–Trinajstić information content (AvgIpc) is 2.48. The first kappa shape index (κ1) is 15.0. The second-order valence-electron chi connectivity index (χ2n) is 4.40. The highest BCUT2D eigenvalue weighted by Gasteiger charge is 2.16. The van der Waals surface area contributed by atoms with Gasteiger partial charge in [0.25, 0.3) is 0 Å². The second kappa shape index (κ2) is 6.83. The first-order valence-corrected chi connectivity index (χ1v) is 6.98. The Hall–Kier alpha value is -1.43. The molecule has 20 heavy (non-hydrogen) atoms. The third kappa shape index (κ3) is 3.36. The zero-order valence-corrected chi connectivity index (χ0v) is 12.7. The Morgan fingerprint density at radius 1 is 1.30 bits per heavy atom. The number of ether oxygens (including phenoxy) is 1. The number of nitrogens with one attached hydrogen (secondary N) is 1. The van der Waals surface area contributed by atoms with E-state index in [1.807, 2.05) is 24.3 Å². The summed E-state index contributed by atoms with van der Waals surface area (Å²) in [5.74, 6) is 6.14. The molecule has 0 bridgehead atoms. The lowest BCUT2D eigenvalue weighted by atomic mass is 9.98. The maximum absolute atomic E-state index is 13.4. The predicted molar refractivity (Wildman–Crippen MR) is 80.9 cm³/mol. The van der Waals surface area contributed by atoms with E-state index in [1.54, 1.807) is 13.2 Å². The Balaban J connectivity index is 2.31. The van der Waals surface area contributed by atoms with E-state index < -0.39 is 0 Å². The standard InChI is InChI=1S/C15H16BrFN2O/c1-20-15-5-3-2-4-12(15)14(19-18)9-10-8-11(17)6-7-13(10)16/h2-8,14,19H,9,18H2,1H3. The van der Waals surface area contributed by atoms with E-state index in [0.717, 1.165) is 21.3 Å². The highest BCUT2D eigenvalue weighted by molar-refractivity contribution is 9.10. The molecule has 0 amide bonds. The van der Waals surface area contributed by atoms with Crippen LogP contribution in [0.1, 0.15) is 17.2 Å². The minimum Gasteiger partial charge on any atom is -0.496 e. The van der Waals surface area contributed by atoms with Gasteiger partial charge in [0.2, 0.25) is 0 Å². The molecule has 5 heteroatoms. The van der Waals surface area contributed by atoms with Gasteiger partial charge in [-0.1, -0.05) is 34.1 Å². The molecule has 0 aliphatic rings. The molecule has 0 saturated heterocycles. The number of benzene rings is 2. The minimum absolute atomic E-state index is 0.163. The molecule has 1 atom stereocenters. The first-order valence-electron chi connectivity index (χ1n) is 6.18. The summed E-state index contributed by atoms with van der Waals surface area (Å²) in [5, 5.41) is 0. The van der Waals surface area contributed by atoms with E-state index in [4.69, 9.17) is 10.6 Å². The molecule has 1 unspecified atom stereocenters. The van der Waals surface area contributed by atoms with Crippen molar-refractivity contribution in [2.24, 2.45) is 5.84 Å². The van der Waals surface area contributed by atoms with Crippen molar-refractivity contribution >= 4 is 15.9 Å². The summed E-state index contributed by atoms with van der Waals surface area (Å²) in [6, 6.07) is 12.1. The van der Waals surface area contributed by atoms with Gasteiger partial charge >= 0.3 is 0 Å². The summed E-state index contributed by atoms with van der Waals surface area (Å²) < 4.78 is 19.5. The molecular weight excluding hydrogens is 323 g/mol. The van der Waals surface area contributed by atoms with Gasteiger partial charge in [-0.3, -0.25) is 11.3 Å². The van der Waals surface area contributed by atoms with Gasteiger partial charge < -0.3 is 4.74 Å². The van der Waals surface area contributed by atoms with E-state index in [9.17, 15) is 4.39 Å². The number of nitrogens with two attached hydrogens (primary N) is 1. The zero-order chi connectivity index (χ0) is 14.5. The molecule has 2 aromatic carbocycles. The SMILES string of the molecule is COc1ccccc1C(Cc1cc(F)ccc1Br)NN. The van der Waals surface area contributed by atoms with Gasteiger partial charge in [-0.15, -0.1) is 0 Å². The molecule has 3 N–H and O–H groups in total. The number of para-hydroxylation sites is 1. The van der Waals surface area contributed by atoms with E-state index in [2.05, 4.69) is 21.4 Å². The van der Waals surface area contributed by atoms with Crippen molar-refractivity contribution in [3.8, 4) is 5.75 Å². The van der Waals surface area contributed by atoms with Gasteiger partial charge in [-0.2, -0.15) is 0 Å². The van der Waals surface area contributed by atoms with E-state index in [1.165, 1.54) is 12.1 Å². The van der Waals surface area contributed by atoms with Crippen molar-refractivity contribution < 1.29 is 9.13 Å². The first-order chi connectivity index (χ1) is 9.65. The second-order valence-corrected chi connectivity index (χ2v) is 5.26. The van der Waals surface area contributed by atoms with E-state index >= 15 is 0 Å². The van der Waals surface area contributed by atoms with Crippen LogP contribution in [0.15, 0.2) is 46.9 Å².